The zero-order valence-corrected chi connectivity index (χ0v) is 25.7. The fraction of sp³-hybridized carbons (Fsp3) is 0.548. The number of halogens is 5. The van der Waals surface area contributed by atoms with Gasteiger partial charge in [-0.2, -0.15) is 27.2 Å². The van der Waals surface area contributed by atoms with Crippen molar-refractivity contribution in [2.75, 3.05) is 36.9 Å². The number of ether oxygens (including phenoxy) is 1. The standard InChI is InChI=1S/C31H37F5N4O4S/c1-2-45(42,43)27-11-5-21(6-12-27)28(13-16-37)38-29(41)22-3-7-24(8-4-22)40-19-25(9-10-26(40)20-44-30(32)33)39-17-14-23(15-18-39)31(34,35)36/h3-8,11-12,23,25-26,28,30H,2,9-10,13-15,17-20H2,1H3,(H,38,41)/t25?,26-,28-/m0/s1. The normalized spacial score (nSPS) is 21.0. The molecule has 1 unspecified atom stereocenters. The summed E-state index contributed by atoms with van der Waals surface area (Å²) in [5.41, 5.74) is 1.51. The number of amides is 1. The number of carbonyl (C=O) groups is 1. The van der Waals surface area contributed by atoms with E-state index in [2.05, 4.69) is 10.1 Å². The fourth-order valence-corrected chi connectivity index (χ4v) is 6.92. The van der Waals surface area contributed by atoms with Crippen LogP contribution in [-0.2, 0) is 14.6 Å². The number of nitrogens with zero attached hydrogens (tertiary/aromatic N) is 3. The lowest BCUT2D eigenvalue weighted by Gasteiger charge is -2.46. The second-order valence-electron chi connectivity index (χ2n) is 11.4. The zero-order chi connectivity index (χ0) is 32.8. The highest BCUT2D eigenvalue weighted by molar-refractivity contribution is 7.91. The quantitative estimate of drug-likeness (QED) is 0.309. The van der Waals surface area contributed by atoms with Gasteiger partial charge in [-0.25, -0.2) is 8.42 Å². The average Bonchev–Trinajstić information content (AvgIpc) is 3.03. The second kappa shape index (κ2) is 14.9. The number of rotatable bonds is 11. The predicted molar refractivity (Wildman–Crippen MR) is 158 cm³/mol. The molecule has 1 amide bonds. The van der Waals surface area contributed by atoms with Crippen LogP contribution in [0.1, 0.15) is 61.0 Å². The van der Waals surface area contributed by atoms with Gasteiger partial charge < -0.3 is 15.0 Å². The topological polar surface area (TPSA) is 103 Å². The number of likely N-dealkylation sites (tertiary alicyclic amines) is 1. The largest absolute Gasteiger partial charge is 0.391 e. The summed E-state index contributed by atoms with van der Waals surface area (Å²) in [4.78, 5) is 17.2. The molecule has 2 aliphatic rings. The van der Waals surface area contributed by atoms with E-state index in [9.17, 15) is 40.4 Å². The van der Waals surface area contributed by atoms with E-state index >= 15 is 0 Å². The molecule has 2 saturated heterocycles. The lowest BCUT2D eigenvalue weighted by molar-refractivity contribution is -0.186. The molecule has 14 heteroatoms. The molecule has 3 atom stereocenters. The van der Waals surface area contributed by atoms with Crippen molar-refractivity contribution in [3.8, 4) is 6.07 Å². The third-order valence-corrected chi connectivity index (χ3v) is 10.4. The number of sulfone groups is 1. The Morgan fingerprint density at radius 2 is 1.69 bits per heavy atom. The Bertz CT molecular complexity index is 1420. The Morgan fingerprint density at radius 1 is 1.04 bits per heavy atom. The van der Waals surface area contributed by atoms with Crippen molar-refractivity contribution in [1.29, 1.82) is 5.26 Å². The Kier molecular flexibility index (Phi) is 11.4. The predicted octanol–water partition coefficient (Wildman–Crippen LogP) is 5.72. The van der Waals surface area contributed by atoms with E-state index in [1.54, 1.807) is 43.3 Å². The van der Waals surface area contributed by atoms with Gasteiger partial charge in [0.15, 0.2) is 9.84 Å². The van der Waals surface area contributed by atoms with Crippen LogP contribution in [0.3, 0.4) is 0 Å². The van der Waals surface area contributed by atoms with Gasteiger partial charge in [-0.1, -0.05) is 19.1 Å². The van der Waals surface area contributed by atoms with E-state index in [0.29, 0.717) is 43.7 Å². The van der Waals surface area contributed by atoms with Crippen LogP contribution in [0, 0.1) is 17.2 Å². The minimum atomic E-state index is -4.21. The molecule has 2 fully saturated rings. The van der Waals surface area contributed by atoms with E-state index in [1.165, 1.54) is 12.1 Å². The van der Waals surface area contributed by atoms with Gasteiger partial charge in [-0.15, -0.1) is 0 Å². The fourth-order valence-electron chi connectivity index (χ4n) is 6.03. The third kappa shape index (κ3) is 8.92. The van der Waals surface area contributed by atoms with Crippen molar-refractivity contribution in [3.63, 3.8) is 0 Å². The van der Waals surface area contributed by atoms with Crippen LogP contribution in [0.4, 0.5) is 27.6 Å². The Morgan fingerprint density at radius 3 is 2.24 bits per heavy atom. The molecule has 45 heavy (non-hydrogen) atoms. The van der Waals surface area contributed by atoms with Gasteiger partial charge in [0, 0.05) is 23.8 Å². The molecule has 2 heterocycles. The molecule has 0 bridgehead atoms. The summed E-state index contributed by atoms with van der Waals surface area (Å²) in [6, 6.07) is 13.4. The first-order chi connectivity index (χ1) is 21.3. The molecular weight excluding hydrogens is 619 g/mol. The molecule has 0 spiro atoms. The van der Waals surface area contributed by atoms with Crippen LogP contribution >= 0.6 is 0 Å². The van der Waals surface area contributed by atoms with Gasteiger partial charge in [-0.3, -0.25) is 9.69 Å². The summed E-state index contributed by atoms with van der Waals surface area (Å²) in [6.45, 7) is -0.601. The van der Waals surface area contributed by atoms with Gasteiger partial charge >= 0.3 is 12.8 Å². The van der Waals surface area contributed by atoms with E-state index in [0.717, 1.165) is 0 Å². The van der Waals surface area contributed by atoms with Crippen molar-refractivity contribution >= 4 is 21.4 Å². The molecule has 0 saturated carbocycles. The molecule has 0 aromatic heterocycles. The maximum atomic E-state index is 13.2. The molecule has 2 aliphatic heterocycles. The molecule has 246 valence electrons. The van der Waals surface area contributed by atoms with Crippen LogP contribution < -0.4 is 10.2 Å². The highest BCUT2D eigenvalue weighted by Crippen LogP contribution is 2.36. The summed E-state index contributed by atoms with van der Waals surface area (Å²) in [5, 5.41) is 12.2. The maximum Gasteiger partial charge on any atom is 0.391 e. The van der Waals surface area contributed by atoms with Gasteiger partial charge in [0.05, 0.1) is 47.7 Å². The van der Waals surface area contributed by atoms with E-state index in [-0.39, 0.29) is 54.2 Å². The van der Waals surface area contributed by atoms with Crippen molar-refractivity contribution in [1.82, 2.24) is 10.2 Å². The number of carbonyl (C=O) groups excluding carboxylic acids is 1. The van der Waals surface area contributed by atoms with Crippen molar-refractivity contribution in [2.45, 2.75) is 74.8 Å². The van der Waals surface area contributed by atoms with Gasteiger partial charge in [0.1, 0.15) is 0 Å². The third-order valence-electron chi connectivity index (χ3n) is 8.69. The average molecular weight is 657 g/mol. The smallest absolute Gasteiger partial charge is 0.365 e. The highest BCUT2D eigenvalue weighted by atomic mass is 32.2. The minimum Gasteiger partial charge on any atom is -0.365 e. The summed E-state index contributed by atoms with van der Waals surface area (Å²) < 4.78 is 94.2. The summed E-state index contributed by atoms with van der Waals surface area (Å²) >= 11 is 0. The first-order valence-corrected chi connectivity index (χ1v) is 16.5. The second-order valence-corrected chi connectivity index (χ2v) is 13.7. The number of piperidine rings is 2. The maximum absolute atomic E-state index is 13.2. The monoisotopic (exact) mass is 656 g/mol. The first-order valence-electron chi connectivity index (χ1n) is 14.9. The number of hydrogen-bond donors (Lipinski definition) is 1. The Labute approximate surface area is 260 Å². The van der Waals surface area contributed by atoms with Crippen molar-refractivity contribution in [3.05, 3.63) is 59.7 Å². The molecular formula is C31H37F5N4O4S. The van der Waals surface area contributed by atoms with Crippen LogP contribution in [0.15, 0.2) is 53.4 Å². The molecule has 1 N–H and O–H groups in total. The Balaban J connectivity index is 1.46. The van der Waals surface area contributed by atoms with E-state index < -0.39 is 40.5 Å². The number of nitriles is 1. The molecule has 2 aromatic rings. The molecule has 2 aromatic carbocycles. The van der Waals surface area contributed by atoms with Gasteiger partial charge in [0.25, 0.3) is 5.91 Å². The van der Waals surface area contributed by atoms with Crippen LogP contribution in [0.5, 0.6) is 0 Å². The first kappa shape index (κ1) is 34.6. The summed E-state index contributed by atoms with van der Waals surface area (Å²) in [6.07, 6.45) is -3.07. The lowest BCUT2D eigenvalue weighted by atomic mass is 9.91. The SMILES string of the molecule is CCS(=O)(=O)c1ccc([C@H](CC#N)NC(=O)c2ccc(N3CC(N4CCC(C(F)(F)F)CC4)CC[C@H]3COC(F)F)cc2)cc1. The van der Waals surface area contributed by atoms with Crippen molar-refractivity contribution in [2.24, 2.45) is 5.92 Å². The minimum absolute atomic E-state index is 0.0243. The van der Waals surface area contributed by atoms with E-state index in [1.807, 2.05) is 15.9 Å². The molecule has 4 rings (SSSR count). The lowest BCUT2D eigenvalue weighted by Crippen LogP contribution is -2.55. The molecule has 0 radical (unpaired) electrons. The van der Waals surface area contributed by atoms with Crippen LogP contribution in [-0.4, -0.2) is 76.1 Å². The van der Waals surface area contributed by atoms with Crippen LogP contribution in [0.2, 0.25) is 0 Å². The highest BCUT2D eigenvalue weighted by Gasteiger charge is 2.43. The van der Waals surface area contributed by atoms with Gasteiger partial charge in [-0.05, 0) is 80.7 Å². The summed E-state index contributed by atoms with van der Waals surface area (Å²) in [7, 11) is -3.41. The summed E-state index contributed by atoms with van der Waals surface area (Å²) in [5.74, 6) is -1.84. The van der Waals surface area contributed by atoms with E-state index in [4.69, 9.17) is 0 Å². The zero-order valence-electron chi connectivity index (χ0n) is 24.8. The molecule has 0 aliphatic carbocycles. The number of anilines is 1. The van der Waals surface area contributed by atoms with Crippen molar-refractivity contribution < 1.29 is 39.9 Å². The number of hydrogen-bond acceptors (Lipinski definition) is 7. The molecule has 8 nitrogen and oxygen atoms in total. The van der Waals surface area contributed by atoms with Crippen LogP contribution in [0.25, 0.3) is 0 Å². The number of alkyl halides is 5. The number of benzene rings is 2. The number of nitrogens with one attached hydrogen (secondary N) is 1. The Hall–Kier alpha value is -3.28. The van der Waals surface area contributed by atoms with Gasteiger partial charge in [0.2, 0.25) is 0 Å².